The van der Waals surface area contributed by atoms with Crippen LogP contribution in [0.1, 0.15) is 17.4 Å². The first-order valence-corrected chi connectivity index (χ1v) is 8.47. The Kier molecular flexibility index (Phi) is 5.67. The van der Waals surface area contributed by atoms with Crippen molar-refractivity contribution < 1.29 is 14.3 Å². The molecule has 2 heterocycles. The number of nitrogens with one attached hydrogen (secondary N) is 1. The van der Waals surface area contributed by atoms with Crippen LogP contribution in [0.4, 0.5) is 0 Å². The van der Waals surface area contributed by atoms with Crippen molar-refractivity contribution in [1.82, 2.24) is 20.0 Å². The van der Waals surface area contributed by atoms with Crippen LogP contribution >= 0.6 is 0 Å². The molecule has 7 heteroatoms. The summed E-state index contributed by atoms with van der Waals surface area (Å²) < 4.78 is 12.3. The molecule has 0 radical (unpaired) electrons. The van der Waals surface area contributed by atoms with Gasteiger partial charge in [-0.2, -0.15) is 5.10 Å². The zero-order chi connectivity index (χ0) is 17.6. The number of carbonyl (C=O) groups excluding carboxylic acids is 1. The molecule has 1 N–H and O–H groups in total. The Morgan fingerprint density at radius 1 is 1.32 bits per heavy atom. The number of nitrogens with zero attached hydrogens (tertiary/aromatic N) is 3. The van der Waals surface area contributed by atoms with Gasteiger partial charge in [-0.3, -0.25) is 9.69 Å². The molecule has 134 valence electrons. The zero-order valence-corrected chi connectivity index (χ0v) is 14.6. The van der Waals surface area contributed by atoms with Crippen molar-refractivity contribution in [2.45, 2.75) is 13.0 Å². The van der Waals surface area contributed by atoms with Gasteiger partial charge in [0.25, 0.3) is 5.91 Å². The molecule has 0 aliphatic carbocycles. The predicted molar refractivity (Wildman–Crippen MR) is 94.3 cm³/mol. The summed E-state index contributed by atoms with van der Waals surface area (Å²) in [4.78, 5) is 14.9. The predicted octanol–water partition coefficient (Wildman–Crippen LogP) is 1.33. The molecule has 7 nitrogen and oxygen atoms in total. The number of ether oxygens (including phenoxy) is 2. The number of methoxy groups -OCH3 is 1. The first-order chi connectivity index (χ1) is 12.2. The number of rotatable bonds is 6. The quantitative estimate of drug-likeness (QED) is 0.856. The summed E-state index contributed by atoms with van der Waals surface area (Å²) in [6.45, 7) is 6.06. The number of para-hydroxylation sites is 1. The topological polar surface area (TPSA) is 68.6 Å². The molecular weight excluding hydrogens is 320 g/mol. The van der Waals surface area contributed by atoms with Gasteiger partial charge in [-0.1, -0.05) is 18.2 Å². The number of benzene rings is 1. The van der Waals surface area contributed by atoms with Crippen LogP contribution in [0.5, 0.6) is 5.75 Å². The lowest BCUT2D eigenvalue weighted by molar-refractivity contribution is 0.0342. The minimum Gasteiger partial charge on any atom is -0.493 e. The molecule has 25 heavy (non-hydrogen) atoms. The zero-order valence-electron chi connectivity index (χ0n) is 14.6. The van der Waals surface area contributed by atoms with Crippen molar-refractivity contribution in [3.63, 3.8) is 0 Å². The van der Waals surface area contributed by atoms with Gasteiger partial charge in [0.15, 0.2) is 11.4 Å². The second kappa shape index (κ2) is 8.13. The summed E-state index contributed by atoms with van der Waals surface area (Å²) in [5, 5.41) is 7.40. The molecule has 0 unspecified atom stereocenters. The van der Waals surface area contributed by atoms with Crippen molar-refractivity contribution in [2.24, 2.45) is 0 Å². The second-order valence-electron chi connectivity index (χ2n) is 6.11. The highest BCUT2D eigenvalue weighted by Gasteiger charge is 2.21. The first kappa shape index (κ1) is 17.4. The molecule has 1 amide bonds. The summed E-state index contributed by atoms with van der Waals surface area (Å²) in [6.07, 6.45) is 1.72. The van der Waals surface area contributed by atoms with Crippen LogP contribution in [0.2, 0.25) is 0 Å². The first-order valence-electron chi connectivity index (χ1n) is 8.47. The van der Waals surface area contributed by atoms with Gasteiger partial charge in [0, 0.05) is 25.7 Å². The van der Waals surface area contributed by atoms with Crippen molar-refractivity contribution in [1.29, 1.82) is 0 Å². The molecule has 1 aromatic heterocycles. The van der Waals surface area contributed by atoms with Gasteiger partial charge in [0.1, 0.15) is 0 Å². The van der Waals surface area contributed by atoms with E-state index in [4.69, 9.17) is 9.47 Å². The molecule has 1 atom stereocenters. The van der Waals surface area contributed by atoms with Gasteiger partial charge in [0.2, 0.25) is 0 Å². The van der Waals surface area contributed by atoms with Crippen LogP contribution in [-0.4, -0.2) is 66.6 Å². The van der Waals surface area contributed by atoms with E-state index in [0.717, 1.165) is 38.5 Å². The average molecular weight is 344 g/mol. The van der Waals surface area contributed by atoms with Crippen LogP contribution in [0.3, 0.4) is 0 Å². The van der Waals surface area contributed by atoms with E-state index in [-0.39, 0.29) is 11.9 Å². The number of morpholine rings is 1. The van der Waals surface area contributed by atoms with Crippen molar-refractivity contribution in [3.05, 3.63) is 42.2 Å². The number of aromatic nitrogens is 2. The summed E-state index contributed by atoms with van der Waals surface area (Å²) in [5.74, 6) is 0.229. The smallest absolute Gasteiger partial charge is 0.275 e. The fraction of sp³-hybridized carbons (Fsp3) is 0.444. The summed E-state index contributed by atoms with van der Waals surface area (Å²) in [7, 11) is 1.54. The third-order valence-electron chi connectivity index (χ3n) is 4.15. The lowest BCUT2D eigenvalue weighted by atomic mass is 10.2. The molecular formula is C18H24N4O3. The fourth-order valence-electron chi connectivity index (χ4n) is 2.89. The fourth-order valence-corrected chi connectivity index (χ4v) is 2.89. The van der Waals surface area contributed by atoms with E-state index in [1.54, 1.807) is 18.0 Å². The van der Waals surface area contributed by atoms with E-state index in [9.17, 15) is 4.79 Å². The maximum atomic E-state index is 12.6. The largest absolute Gasteiger partial charge is 0.493 e. The monoisotopic (exact) mass is 344 g/mol. The Labute approximate surface area is 147 Å². The van der Waals surface area contributed by atoms with Gasteiger partial charge in [-0.15, -0.1) is 0 Å². The second-order valence-corrected chi connectivity index (χ2v) is 6.11. The maximum Gasteiger partial charge on any atom is 0.275 e. The number of carbonyl (C=O) groups is 1. The van der Waals surface area contributed by atoms with E-state index < -0.39 is 0 Å². The standard InChI is InChI=1S/C18H24N4O3/c1-14(12-21-8-10-25-11-9-21)19-18(23)17-16(24-2)13-22(20-17)15-6-4-3-5-7-15/h3-7,13-14H,8-12H2,1-2H3,(H,19,23)/t14-/m0/s1. The van der Waals surface area contributed by atoms with E-state index >= 15 is 0 Å². The van der Waals surface area contributed by atoms with Gasteiger partial charge < -0.3 is 14.8 Å². The van der Waals surface area contributed by atoms with Gasteiger partial charge in [-0.25, -0.2) is 4.68 Å². The van der Waals surface area contributed by atoms with E-state index in [1.807, 2.05) is 37.3 Å². The Morgan fingerprint density at radius 2 is 2.04 bits per heavy atom. The van der Waals surface area contributed by atoms with E-state index in [1.165, 1.54) is 0 Å². The van der Waals surface area contributed by atoms with Crippen LogP contribution in [0.15, 0.2) is 36.5 Å². The van der Waals surface area contributed by atoms with E-state index in [2.05, 4.69) is 15.3 Å². The lowest BCUT2D eigenvalue weighted by Gasteiger charge is -2.29. The summed E-state index contributed by atoms with van der Waals surface area (Å²) >= 11 is 0. The Morgan fingerprint density at radius 3 is 2.72 bits per heavy atom. The van der Waals surface area contributed by atoms with Crippen LogP contribution in [0.25, 0.3) is 5.69 Å². The molecule has 0 spiro atoms. The summed E-state index contributed by atoms with van der Waals surface area (Å²) in [5.41, 5.74) is 1.17. The van der Waals surface area contributed by atoms with Crippen molar-refractivity contribution >= 4 is 5.91 Å². The molecule has 1 saturated heterocycles. The lowest BCUT2D eigenvalue weighted by Crippen LogP contribution is -2.46. The highest BCUT2D eigenvalue weighted by Crippen LogP contribution is 2.19. The third kappa shape index (κ3) is 4.37. The normalized spacial score (nSPS) is 16.4. The number of amides is 1. The maximum absolute atomic E-state index is 12.6. The SMILES string of the molecule is COc1cn(-c2ccccc2)nc1C(=O)N[C@@H](C)CN1CCOCC1. The molecule has 0 bridgehead atoms. The Hall–Kier alpha value is -2.38. The van der Waals surface area contributed by atoms with Crippen molar-refractivity contribution in [3.8, 4) is 11.4 Å². The van der Waals surface area contributed by atoms with Crippen LogP contribution < -0.4 is 10.1 Å². The van der Waals surface area contributed by atoms with Gasteiger partial charge in [-0.05, 0) is 19.1 Å². The van der Waals surface area contributed by atoms with Crippen LogP contribution in [0, 0.1) is 0 Å². The minimum atomic E-state index is -0.229. The van der Waals surface area contributed by atoms with E-state index in [0.29, 0.717) is 11.4 Å². The average Bonchev–Trinajstić information content (AvgIpc) is 3.08. The summed E-state index contributed by atoms with van der Waals surface area (Å²) in [6, 6.07) is 9.65. The molecule has 1 fully saturated rings. The van der Waals surface area contributed by atoms with Gasteiger partial charge in [0.05, 0.1) is 32.2 Å². The molecule has 1 aliphatic heterocycles. The molecule has 2 aromatic rings. The molecule has 1 aromatic carbocycles. The Balaban J connectivity index is 1.67. The molecule has 0 saturated carbocycles. The number of hydrogen-bond acceptors (Lipinski definition) is 5. The molecule has 3 rings (SSSR count). The van der Waals surface area contributed by atoms with Crippen LogP contribution in [-0.2, 0) is 4.74 Å². The molecule has 1 aliphatic rings. The highest BCUT2D eigenvalue weighted by atomic mass is 16.5. The third-order valence-corrected chi connectivity index (χ3v) is 4.15. The van der Waals surface area contributed by atoms with Crippen molar-refractivity contribution in [2.75, 3.05) is 40.0 Å². The van der Waals surface area contributed by atoms with Gasteiger partial charge >= 0.3 is 0 Å². The number of hydrogen-bond donors (Lipinski definition) is 1. The highest BCUT2D eigenvalue weighted by molar-refractivity contribution is 5.95. The minimum absolute atomic E-state index is 0.0113. The Bertz CT molecular complexity index is 696.